The molecule has 0 spiro atoms. The van der Waals surface area contributed by atoms with Crippen LogP contribution in [0, 0.1) is 0 Å². The van der Waals surface area contributed by atoms with Crippen LogP contribution in [0.1, 0.15) is 264 Å². The highest BCUT2D eigenvalue weighted by Gasteiger charge is 2.20. The number of allylic oxidation sites excluding steroid dienone is 2. The Morgan fingerprint density at radius 2 is 0.873 bits per heavy atom. The predicted octanol–water partition coefficient (Wildman–Crippen LogP) is 14.2. The molecular weight excluding hydrogens is 683 g/mol. The Hall–Kier alpha value is -1.40. The van der Waals surface area contributed by atoms with E-state index < -0.39 is 12.1 Å². The van der Waals surface area contributed by atoms with Crippen molar-refractivity contribution in [3.63, 3.8) is 0 Å². The molecule has 2 unspecified atom stereocenters. The molecule has 0 heterocycles. The van der Waals surface area contributed by atoms with Crippen LogP contribution in [0.15, 0.2) is 12.2 Å². The number of aliphatic hydroxyl groups excluding tert-OH is 2. The quantitative estimate of drug-likeness (QED) is 0.0325. The first-order valence-corrected chi connectivity index (χ1v) is 24.4. The molecule has 2 atom stereocenters. The van der Waals surface area contributed by atoms with Crippen molar-refractivity contribution in [1.29, 1.82) is 0 Å². The number of carbonyl (C=O) groups excluding carboxylic acids is 2. The van der Waals surface area contributed by atoms with Crippen LogP contribution in [0.25, 0.3) is 0 Å². The number of unbranched alkanes of at least 4 members (excludes halogenated alkanes) is 32. The number of nitrogens with one attached hydrogen (secondary N) is 1. The van der Waals surface area contributed by atoms with Gasteiger partial charge in [-0.1, -0.05) is 219 Å². The average Bonchev–Trinajstić information content (AvgIpc) is 3.18. The summed E-state index contributed by atoms with van der Waals surface area (Å²) in [6, 6.07) is -0.561. The number of carbonyl (C=O) groups is 2. The van der Waals surface area contributed by atoms with E-state index >= 15 is 0 Å². The van der Waals surface area contributed by atoms with Gasteiger partial charge in [-0.25, -0.2) is 0 Å². The maximum Gasteiger partial charge on any atom is 0.305 e. The van der Waals surface area contributed by atoms with E-state index in [4.69, 9.17) is 4.74 Å². The van der Waals surface area contributed by atoms with E-state index in [1.54, 1.807) is 0 Å². The third kappa shape index (κ3) is 42.0. The predicted molar refractivity (Wildman–Crippen MR) is 237 cm³/mol. The maximum absolute atomic E-state index is 12.4. The number of ether oxygens (including phenoxy) is 1. The van der Waals surface area contributed by atoms with Crippen LogP contribution in [0.5, 0.6) is 0 Å². The Kier molecular flexibility index (Phi) is 44.2. The normalized spacial score (nSPS) is 12.7. The summed E-state index contributed by atoms with van der Waals surface area (Å²) in [6.45, 7) is 4.85. The summed E-state index contributed by atoms with van der Waals surface area (Å²) in [7, 11) is 0. The Labute approximate surface area is 342 Å². The third-order valence-corrected chi connectivity index (χ3v) is 11.3. The zero-order valence-electron chi connectivity index (χ0n) is 36.9. The molecule has 55 heavy (non-hydrogen) atoms. The van der Waals surface area contributed by atoms with Crippen molar-refractivity contribution >= 4 is 11.9 Å². The van der Waals surface area contributed by atoms with Crippen LogP contribution < -0.4 is 5.32 Å². The molecule has 0 aromatic carbocycles. The van der Waals surface area contributed by atoms with Crippen LogP contribution in [0.3, 0.4) is 0 Å². The number of amides is 1. The minimum atomic E-state index is -0.681. The molecule has 326 valence electrons. The van der Waals surface area contributed by atoms with Gasteiger partial charge in [0.25, 0.3) is 0 Å². The van der Waals surface area contributed by atoms with E-state index in [9.17, 15) is 19.8 Å². The molecule has 0 rings (SSSR count). The zero-order valence-corrected chi connectivity index (χ0v) is 36.9. The SMILES string of the molecule is CCCC/C=C\CCCCCCCC(=O)OCCCCCCCCCCCC(=O)NC(CO)C(O)CCCCCCCCCCCCCCCCCCCC. The largest absolute Gasteiger partial charge is 0.466 e. The number of esters is 1. The van der Waals surface area contributed by atoms with E-state index in [1.807, 2.05) is 0 Å². The smallest absolute Gasteiger partial charge is 0.305 e. The van der Waals surface area contributed by atoms with E-state index in [1.165, 1.54) is 173 Å². The first-order valence-electron chi connectivity index (χ1n) is 24.4. The fourth-order valence-electron chi connectivity index (χ4n) is 7.50. The average molecular weight is 778 g/mol. The molecule has 1 amide bonds. The molecule has 0 radical (unpaired) electrons. The van der Waals surface area contributed by atoms with Gasteiger partial charge in [-0.15, -0.1) is 0 Å². The van der Waals surface area contributed by atoms with Gasteiger partial charge in [0.1, 0.15) is 0 Å². The van der Waals surface area contributed by atoms with E-state index in [2.05, 4.69) is 31.3 Å². The Morgan fingerprint density at radius 1 is 0.491 bits per heavy atom. The first-order chi connectivity index (χ1) is 27.0. The summed E-state index contributed by atoms with van der Waals surface area (Å²) in [5.74, 6) is -0.0974. The molecule has 0 fully saturated rings. The Bertz CT molecular complexity index is 817. The van der Waals surface area contributed by atoms with Gasteiger partial charge in [0.15, 0.2) is 0 Å². The van der Waals surface area contributed by atoms with Gasteiger partial charge >= 0.3 is 5.97 Å². The van der Waals surface area contributed by atoms with Crippen molar-refractivity contribution in [2.24, 2.45) is 0 Å². The van der Waals surface area contributed by atoms with Gasteiger partial charge in [0.05, 0.1) is 25.4 Å². The third-order valence-electron chi connectivity index (χ3n) is 11.3. The molecule has 0 aliphatic rings. The van der Waals surface area contributed by atoms with Crippen LogP contribution in [0.4, 0.5) is 0 Å². The monoisotopic (exact) mass is 778 g/mol. The zero-order chi connectivity index (χ0) is 40.1. The second-order valence-electron chi connectivity index (χ2n) is 16.8. The molecule has 0 saturated heterocycles. The molecule has 3 N–H and O–H groups in total. The number of hydrogen-bond acceptors (Lipinski definition) is 5. The van der Waals surface area contributed by atoms with Gasteiger partial charge < -0.3 is 20.3 Å². The van der Waals surface area contributed by atoms with Crippen molar-refractivity contribution in [3.05, 3.63) is 12.2 Å². The molecule has 0 saturated carbocycles. The van der Waals surface area contributed by atoms with E-state index in [0.29, 0.717) is 25.9 Å². The fourth-order valence-corrected chi connectivity index (χ4v) is 7.50. The second-order valence-corrected chi connectivity index (χ2v) is 16.8. The highest BCUT2D eigenvalue weighted by atomic mass is 16.5. The number of hydrogen-bond donors (Lipinski definition) is 3. The van der Waals surface area contributed by atoms with Crippen LogP contribution in [-0.2, 0) is 14.3 Å². The standard InChI is InChI=1S/C49H95NO5/c1-3-5-7-9-11-13-15-16-17-18-19-20-21-23-25-29-33-37-41-47(52)46(45-51)50-48(53)42-38-34-30-26-24-28-32-36-40-44-55-49(54)43-39-35-31-27-22-14-12-10-8-6-4-2/h10,12,46-47,51-52H,3-9,11,13-45H2,1-2H3,(H,50,53)/b12-10-. The van der Waals surface area contributed by atoms with Crippen molar-refractivity contribution in [3.8, 4) is 0 Å². The Balaban J connectivity index is 3.50. The molecule has 0 aromatic heterocycles. The summed E-state index contributed by atoms with van der Waals surface area (Å²) < 4.78 is 5.42. The van der Waals surface area contributed by atoms with Gasteiger partial charge in [-0.3, -0.25) is 9.59 Å². The molecule has 0 aliphatic heterocycles. The van der Waals surface area contributed by atoms with Gasteiger partial charge in [0, 0.05) is 12.8 Å². The van der Waals surface area contributed by atoms with Gasteiger partial charge in [0.2, 0.25) is 5.91 Å². The lowest BCUT2D eigenvalue weighted by Gasteiger charge is -2.22. The number of rotatable bonds is 45. The summed E-state index contributed by atoms with van der Waals surface area (Å²) >= 11 is 0. The van der Waals surface area contributed by atoms with Gasteiger partial charge in [-0.2, -0.15) is 0 Å². The van der Waals surface area contributed by atoms with E-state index in [0.717, 1.165) is 57.8 Å². The summed E-state index contributed by atoms with van der Waals surface area (Å²) in [5, 5.41) is 23.2. The maximum atomic E-state index is 12.4. The highest BCUT2D eigenvalue weighted by molar-refractivity contribution is 5.76. The van der Waals surface area contributed by atoms with E-state index in [-0.39, 0.29) is 18.5 Å². The van der Waals surface area contributed by atoms with Crippen molar-refractivity contribution in [1.82, 2.24) is 5.32 Å². The topological polar surface area (TPSA) is 95.9 Å². The molecule has 6 nitrogen and oxygen atoms in total. The fraction of sp³-hybridized carbons (Fsp3) is 0.918. The lowest BCUT2D eigenvalue weighted by molar-refractivity contribution is -0.143. The highest BCUT2D eigenvalue weighted by Crippen LogP contribution is 2.16. The summed E-state index contributed by atoms with van der Waals surface area (Å²) in [6.07, 6.45) is 50.3. The number of aliphatic hydroxyl groups is 2. The van der Waals surface area contributed by atoms with Crippen LogP contribution >= 0.6 is 0 Å². The minimum Gasteiger partial charge on any atom is -0.466 e. The van der Waals surface area contributed by atoms with Crippen molar-refractivity contribution < 1.29 is 24.5 Å². The van der Waals surface area contributed by atoms with Crippen LogP contribution in [0.2, 0.25) is 0 Å². The summed E-state index contributed by atoms with van der Waals surface area (Å²) in [5.41, 5.74) is 0. The molecular formula is C49H95NO5. The second kappa shape index (κ2) is 45.3. The molecule has 0 aromatic rings. The van der Waals surface area contributed by atoms with Crippen molar-refractivity contribution in [2.45, 2.75) is 276 Å². The van der Waals surface area contributed by atoms with Crippen LogP contribution in [-0.4, -0.2) is 47.4 Å². The lowest BCUT2D eigenvalue weighted by atomic mass is 10.0. The molecule has 6 heteroatoms. The van der Waals surface area contributed by atoms with Crippen molar-refractivity contribution in [2.75, 3.05) is 13.2 Å². The Morgan fingerprint density at radius 3 is 1.35 bits per heavy atom. The summed E-state index contributed by atoms with van der Waals surface area (Å²) in [4.78, 5) is 24.4. The first kappa shape index (κ1) is 53.6. The molecule has 0 bridgehead atoms. The minimum absolute atomic E-state index is 0.0357. The lowest BCUT2D eigenvalue weighted by Crippen LogP contribution is -2.45. The van der Waals surface area contributed by atoms with Gasteiger partial charge in [-0.05, 0) is 44.9 Å². The molecule has 0 aliphatic carbocycles.